The van der Waals surface area contributed by atoms with Crippen LogP contribution >= 0.6 is 0 Å². The number of likely N-dealkylation sites (N-methyl/N-ethyl adjacent to an activating group) is 1. The molecule has 1 aromatic carbocycles. The van der Waals surface area contributed by atoms with E-state index in [-0.39, 0.29) is 17.3 Å². The van der Waals surface area contributed by atoms with Crippen LogP contribution in [0.2, 0.25) is 0 Å². The molecule has 1 fully saturated rings. The van der Waals surface area contributed by atoms with Crippen molar-refractivity contribution in [1.82, 2.24) is 19.0 Å². The second-order valence-electron chi connectivity index (χ2n) is 7.44. The molecule has 1 atom stereocenters. The molecule has 1 aromatic heterocycles. The average molecular weight is 424 g/mol. The molecule has 2 aromatic rings. The zero-order chi connectivity index (χ0) is 21.0. The van der Waals surface area contributed by atoms with Crippen LogP contribution in [0, 0.1) is 11.7 Å². The van der Waals surface area contributed by atoms with Crippen LogP contribution in [0.15, 0.2) is 41.6 Å². The molecule has 8 nitrogen and oxygen atoms in total. The number of hydrogen-bond donors (Lipinski definition) is 1. The molecule has 0 spiro atoms. The molecule has 1 aliphatic heterocycles. The topological polar surface area (TPSA) is 87.5 Å². The van der Waals surface area contributed by atoms with Crippen molar-refractivity contribution in [1.29, 1.82) is 0 Å². The van der Waals surface area contributed by atoms with Crippen LogP contribution in [0.25, 0.3) is 0 Å². The lowest BCUT2D eigenvalue weighted by molar-refractivity contribution is -0.120. The Morgan fingerprint density at radius 1 is 1.31 bits per heavy atom. The van der Waals surface area contributed by atoms with Gasteiger partial charge in [0.2, 0.25) is 15.9 Å². The van der Waals surface area contributed by atoms with E-state index >= 15 is 0 Å². The SMILES string of the molecule is CN(C)CCn1cc(NC(=O)C2CCCN(S(=O)(=O)c3ccc(F)cc3)C2)cn1. The third-order valence-corrected chi connectivity index (χ3v) is 6.76. The van der Waals surface area contributed by atoms with Crippen molar-refractivity contribution in [3.8, 4) is 0 Å². The van der Waals surface area contributed by atoms with Gasteiger partial charge in [0.1, 0.15) is 5.82 Å². The Morgan fingerprint density at radius 2 is 2.03 bits per heavy atom. The van der Waals surface area contributed by atoms with Gasteiger partial charge < -0.3 is 10.2 Å². The molecule has 10 heteroatoms. The zero-order valence-corrected chi connectivity index (χ0v) is 17.4. The third kappa shape index (κ3) is 5.40. The van der Waals surface area contributed by atoms with Crippen molar-refractivity contribution in [3.05, 3.63) is 42.5 Å². The standard InChI is InChI=1S/C19H26FN5O3S/c1-23(2)10-11-24-14-17(12-21-24)22-19(26)15-4-3-9-25(13-15)29(27,28)18-7-5-16(20)6-8-18/h5-8,12,14-15H,3-4,9-11,13H2,1-2H3,(H,22,26). The highest BCUT2D eigenvalue weighted by Gasteiger charge is 2.33. The number of anilines is 1. The van der Waals surface area contributed by atoms with Gasteiger partial charge >= 0.3 is 0 Å². The quantitative estimate of drug-likeness (QED) is 0.731. The van der Waals surface area contributed by atoms with Gasteiger partial charge in [-0.2, -0.15) is 9.40 Å². The van der Waals surface area contributed by atoms with Gasteiger partial charge in [0.05, 0.1) is 29.2 Å². The summed E-state index contributed by atoms with van der Waals surface area (Å²) in [5.41, 5.74) is 0.590. The fraction of sp³-hybridized carbons (Fsp3) is 0.474. The molecule has 1 N–H and O–H groups in total. The number of benzene rings is 1. The predicted molar refractivity (Wildman–Crippen MR) is 107 cm³/mol. The smallest absolute Gasteiger partial charge is 0.243 e. The highest BCUT2D eigenvalue weighted by atomic mass is 32.2. The van der Waals surface area contributed by atoms with Crippen molar-refractivity contribution >= 4 is 21.6 Å². The fourth-order valence-corrected chi connectivity index (χ4v) is 4.75. The van der Waals surface area contributed by atoms with Crippen LogP contribution in [0.3, 0.4) is 0 Å². The lowest BCUT2D eigenvalue weighted by atomic mass is 9.99. The van der Waals surface area contributed by atoms with E-state index in [0.29, 0.717) is 31.6 Å². The Balaban J connectivity index is 1.63. The monoisotopic (exact) mass is 423 g/mol. The second-order valence-corrected chi connectivity index (χ2v) is 9.38. The number of rotatable bonds is 7. The molecule has 0 saturated carbocycles. The number of carbonyl (C=O) groups is 1. The van der Waals surface area contributed by atoms with Crippen molar-refractivity contribution in [2.24, 2.45) is 5.92 Å². The van der Waals surface area contributed by atoms with Crippen molar-refractivity contribution in [3.63, 3.8) is 0 Å². The summed E-state index contributed by atoms with van der Waals surface area (Å²) in [5, 5.41) is 7.06. The molecular weight excluding hydrogens is 397 g/mol. The Kier molecular flexibility index (Phi) is 6.66. The van der Waals surface area contributed by atoms with E-state index in [1.54, 1.807) is 17.1 Å². The molecule has 0 aliphatic carbocycles. The molecule has 1 unspecified atom stereocenters. The van der Waals surface area contributed by atoms with Crippen LogP contribution in [0.4, 0.5) is 10.1 Å². The zero-order valence-electron chi connectivity index (χ0n) is 16.6. The molecular formula is C19H26FN5O3S. The predicted octanol–water partition coefficient (Wildman–Crippen LogP) is 1.62. The van der Waals surface area contributed by atoms with Gasteiger partial charge in [0.15, 0.2) is 0 Å². The Morgan fingerprint density at radius 3 is 2.72 bits per heavy atom. The molecule has 0 radical (unpaired) electrons. The van der Waals surface area contributed by atoms with Gasteiger partial charge in [-0.15, -0.1) is 0 Å². The van der Waals surface area contributed by atoms with E-state index in [0.717, 1.165) is 18.7 Å². The Labute approximate surface area is 170 Å². The van der Waals surface area contributed by atoms with Gasteiger partial charge in [-0.25, -0.2) is 12.8 Å². The highest BCUT2D eigenvalue weighted by molar-refractivity contribution is 7.89. The first-order valence-electron chi connectivity index (χ1n) is 9.49. The summed E-state index contributed by atoms with van der Waals surface area (Å²) < 4.78 is 41.8. The summed E-state index contributed by atoms with van der Waals surface area (Å²) >= 11 is 0. The van der Waals surface area contributed by atoms with Gasteiger partial charge in [-0.05, 0) is 51.2 Å². The minimum Gasteiger partial charge on any atom is -0.323 e. The van der Waals surface area contributed by atoms with Crippen molar-refractivity contribution < 1.29 is 17.6 Å². The molecule has 29 heavy (non-hydrogen) atoms. The van der Waals surface area contributed by atoms with E-state index in [9.17, 15) is 17.6 Å². The second kappa shape index (κ2) is 9.02. The molecule has 0 bridgehead atoms. The summed E-state index contributed by atoms with van der Waals surface area (Å²) in [6.07, 6.45) is 4.54. The normalized spacial score (nSPS) is 18.1. The fourth-order valence-electron chi connectivity index (χ4n) is 3.23. The van der Waals surface area contributed by atoms with E-state index in [2.05, 4.69) is 10.4 Å². The van der Waals surface area contributed by atoms with Crippen LogP contribution in [0.1, 0.15) is 12.8 Å². The van der Waals surface area contributed by atoms with Crippen molar-refractivity contribution in [2.75, 3.05) is 39.0 Å². The van der Waals surface area contributed by atoms with Gasteiger partial charge in [0, 0.05) is 25.8 Å². The van der Waals surface area contributed by atoms with E-state index in [1.165, 1.54) is 16.4 Å². The number of piperidine rings is 1. The summed E-state index contributed by atoms with van der Waals surface area (Å²) in [7, 11) is 0.183. The molecule has 1 amide bonds. The maximum atomic E-state index is 13.1. The summed E-state index contributed by atoms with van der Waals surface area (Å²) in [6, 6.07) is 4.73. The molecule has 2 heterocycles. The third-order valence-electron chi connectivity index (χ3n) is 4.88. The van der Waals surface area contributed by atoms with E-state index < -0.39 is 21.8 Å². The summed E-state index contributed by atoms with van der Waals surface area (Å²) in [4.78, 5) is 14.7. The van der Waals surface area contributed by atoms with Gasteiger partial charge in [0.25, 0.3) is 0 Å². The molecule has 158 valence electrons. The number of halogens is 1. The molecule has 3 rings (SSSR count). The first-order valence-corrected chi connectivity index (χ1v) is 10.9. The number of amides is 1. The minimum atomic E-state index is -3.76. The Hall–Kier alpha value is -2.30. The average Bonchev–Trinajstić information content (AvgIpc) is 3.14. The number of aromatic nitrogens is 2. The van der Waals surface area contributed by atoms with Gasteiger partial charge in [-0.3, -0.25) is 9.48 Å². The molecule has 1 saturated heterocycles. The largest absolute Gasteiger partial charge is 0.323 e. The number of sulfonamides is 1. The number of nitrogens with one attached hydrogen (secondary N) is 1. The first kappa shape index (κ1) is 21.4. The number of carbonyl (C=O) groups excluding carboxylic acids is 1. The lowest BCUT2D eigenvalue weighted by Gasteiger charge is -2.31. The first-order chi connectivity index (χ1) is 13.8. The number of hydrogen-bond acceptors (Lipinski definition) is 5. The van der Waals surface area contributed by atoms with E-state index in [1.807, 2.05) is 19.0 Å². The van der Waals surface area contributed by atoms with E-state index in [4.69, 9.17) is 0 Å². The van der Waals surface area contributed by atoms with Gasteiger partial charge in [-0.1, -0.05) is 0 Å². The van der Waals surface area contributed by atoms with Crippen LogP contribution in [0.5, 0.6) is 0 Å². The van der Waals surface area contributed by atoms with Crippen LogP contribution < -0.4 is 5.32 Å². The maximum absolute atomic E-state index is 13.1. The summed E-state index contributed by atoms with van der Waals surface area (Å²) in [5.74, 6) is -1.17. The van der Waals surface area contributed by atoms with Crippen LogP contribution in [-0.2, 0) is 21.4 Å². The van der Waals surface area contributed by atoms with Crippen molar-refractivity contribution in [2.45, 2.75) is 24.3 Å². The number of nitrogens with zero attached hydrogens (tertiary/aromatic N) is 4. The lowest BCUT2D eigenvalue weighted by Crippen LogP contribution is -2.43. The Bertz CT molecular complexity index is 943. The van der Waals surface area contributed by atoms with Crippen LogP contribution in [-0.4, -0.2) is 67.0 Å². The minimum absolute atomic E-state index is 0.0297. The highest BCUT2D eigenvalue weighted by Crippen LogP contribution is 2.25. The molecule has 1 aliphatic rings. The summed E-state index contributed by atoms with van der Waals surface area (Å²) in [6.45, 7) is 1.97. The maximum Gasteiger partial charge on any atom is 0.243 e.